The summed E-state index contributed by atoms with van der Waals surface area (Å²) in [4.78, 5) is 42.3. The van der Waals surface area contributed by atoms with E-state index in [0.29, 0.717) is 18.8 Å². The van der Waals surface area contributed by atoms with Crippen molar-refractivity contribution in [3.8, 4) is 0 Å². The largest absolute Gasteiger partial charge is 0.416 e. The molecule has 166 valence electrons. The Morgan fingerprint density at radius 3 is 2.53 bits per heavy atom. The van der Waals surface area contributed by atoms with Crippen molar-refractivity contribution < 1.29 is 32.3 Å². The normalized spacial score (nSPS) is 25.5. The SMILES string of the molecule is O=C1NC(=O)[C@]2(Cc3cc(C(F)(F)F)ccc3N3CCOC[C@@H]32)C(=O)N1c1ccccc1. The molecule has 0 bridgehead atoms. The number of hydrogen-bond acceptors (Lipinski definition) is 5. The Morgan fingerprint density at radius 1 is 1.06 bits per heavy atom. The summed E-state index contributed by atoms with van der Waals surface area (Å²) in [6.45, 7) is 0.616. The summed E-state index contributed by atoms with van der Waals surface area (Å²) in [6, 6.07) is 9.77. The van der Waals surface area contributed by atoms with Gasteiger partial charge in [0.15, 0.2) is 5.41 Å². The summed E-state index contributed by atoms with van der Waals surface area (Å²) >= 11 is 0. The molecule has 2 fully saturated rings. The average Bonchev–Trinajstić information content (AvgIpc) is 2.77. The van der Waals surface area contributed by atoms with Gasteiger partial charge in [-0.25, -0.2) is 9.69 Å². The molecule has 0 saturated carbocycles. The maximum Gasteiger partial charge on any atom is 0.416 e. The molecule has 32 heavy (non-hydrogen) atoms. The van der Waals surface area contributed by atoms with Gasteiger partial charge in [-0.15, -0.1) is 0 Å². The highest BCUT2D eigenvalue weighted by atomic mass is 19.4. The lowest BCUT2D eigenvalue weighted by Gasteiger charge is -2.53. The lowest BCUT2D eigenvalue weighted by molar-refractivity contribution is -0.146. The lowest BCUT2D eigenvalue weighted by atomic mass is 9.68. The van der Waals surface area contributed by atoms with Gasteiger partial charge in [0.05, 0.1) is 30.5 Å². The third-order valence-corrected chi connectivity index (χ3v) is 6.31. The first kappa shape index (κ1) is 20.5. The quantitative estimate of drug-likeness (QED) is 0.683. The third kappa shape index (κ3) is 2.89. The van der Waals surface area contributed by atoms with Gasteiger partial charge in [-0.05, 0) is 42.3 Å². The number of ether oxygens (including phenoxy) is 1. The summed E-state index contributed by atoms with van der Waals surface area (Å²) in [5.74, 6) is -1.61. The number of carbonyl (C=O) groups is 3. The zero-order valence-electron chi connectivity index (χ0n) is 16.7. The number of carbonyl (C=O) groups excluding carboxylic acids is 3. The second kappa shape index (κ2) is 7.06. The van der Waals surface area contributed by atoms with Gasteiger partial charge in [-0.1, -0.05) is 18.2 Å². The molecule has 2 aromatic carbocycles. The molecule has 10 heteroatoms. The Kier molecular flexibility index (Phi) is 4.52. The molecule has 0 aliphatic carbocycles. The van der Waals surface area contributed by atoms with E-state index < -0.39 is 41.0 Å². The van der Waals surface area contributed by atoms with Crippen molar-refractivity contribution in [2.24, 2.45) is 5.41 Å². The Morgan fingerprint density at radius 2 is 1.81 bits per heavy atom. The van der Waals surface area contributed by atoms with Crippen molar-refractivity contribution in [1.29, 1.82) is 0 Å². The van der Waals surface area contributed by atoms with Gasteiger partial charge in [-0.2, -0.15) is 13.2 Å². The third-order valence-electron chi connectivity index (χ3n) is 6.31. The average molecular weight is 445 g/mol. The number of anilines is 2. The topological polar surface area (TPSA) is 79.0 Å². The second-order valence-electron chi connectivity index (χ2n) is 8.01. The van der Waals surface area contributed by atoms with Crippen LogP contribution in [0.15, 0.2) is 48.5 Å². The molecule has 7 nitrogen and oxygen atoms in total. The predicted molar refractivity (Wildman–Crippen MR) is 107 cm³/mol. The number of nitrogens with zero attached hydrogens (tertiary/aromatic N) is 2. The van der Waals surface area contributed by atoms with Crippen molar-refractivity contribution in [3.63, 3.8) is 0 Å². The molecule has 3 heterocycles. The van der Waals surface area contributed by atoms with Crippen molar-refractivity contribution in [1.82, 2.24) is 5.32 Å². The molecule has 1 N–H and O–H groups in total. The zero-order chi connectivity index (χ0) is 22.7. The number of fused-ring (bicyclic) bond motifs is 4. The summed E-state index contributed by atoms with van der Waals surface area (Å²) in [6.07, 6.45) is -4.85. The minimum atomic E-state index is -4.57. The highest BCUT2D eigenvalue weighted by Gasteiger charge is 2.63. The van der Waals surface area contributed by atoms with E-state index >= 15 is 0 Å². The van der Waals surface area contributed by atoms with E-state index in [1.165, 1.54) is 6.07 Å². The van der Waals surface area contributed by atoms with Gasteiger partial charge in [0.25, 0.3) is 5.91 Å². The van der Waals surface area contributed by atoms with E-state index in [-0.39, 0.29) is 24.3 Å². The summed E-state index contributed by atoms with van der Waals surface area (Å²) in [5, 5.41) is 2.25. The first-order valence-electron chi connectivity index (χ1n) is 10.0. The van der Waals surface area contributed by atoms with Crippen LogP contribution in [0.3, 0.4) is 0 Å². The summed E-state index contributed by atoms with van der Waals surface area (Å²) in [5.41, 5.74) is -1.66. The van der Waals surface area contributed by atoms with Gasteiger partial charge < -0.3 is 9.64 Å². The van der Waals surface area contributed by atoms with Crippen LogP contribution in [0.5, 0.6) is 0 Å². The van der Waals surface area contributed by atoms with Gasteiger partial charge in [-0.3, -0.25) is 14.9 Å². The molecule has 0 radical (unpaired) electrons. The Balaban J connectivity index is 1.67. The molecule has 1 spiro atoms. The fourth-order valence-corrected chi connectivity index (χ4v) is 4.82. The smallest absolute Gasteiger partial charge is 0.377 e. The number of imide groups is 2. The number of morpholine rings is 1. The highest BCUT2D eigenvalue weighted by Crippen LogP contribution is 2.47. The van der Waals surface area contributed by atoms with Gasteiger partial charge in [0.2, 0.25) is 5.91 Å². The van der Waals surface area contributed by atoms with Crippen LogP contribution in [0.1, 0.15) is 11.1 Å². The fraction of sp³-hybridized carbons (Fsp3) is 0.318. The molecule has 5 rings (SSSR count). The van der Waals surface area contributed by atoms with Crippen molar-refractivity contribution in [2.75, 3.05) is 29.6 Å². The van der Waals surface area contributed by atoms with Crippen LogP contribution in [-0.2, 0) is 26.9 Å². The lowest BCUT2D eigenvalue weighted by Crippen LogP contribution is -2.74. The van der Waals surface area contributed by atoms with Crippen LogP contribution in [0.2, 0.25) is 0 Å². The molecule has 0 aromatic heterocycles. The molecule has 0 unspecified atom stereocenters. The van der Waals surface area contributed by atoms with Crippen LogP contribution >= 0.6 is 0 Å². The van der Waals surface area contributed by atoms with Crippen LogP contribution in [0.4, 0.5) is 29.3 Å². The van der Waals surface area contributed by atoms with Gasteiger partial charge in [0.1, 0.15) is 0 Å². The number of urea groups is 1. The number of nitrogens with one attached hydrogen (secondary N) is 1. The van der Waals surface area contributed by atoms with Crippen molar-refractivity contribution in [2.45, 2.75) is 18.6 Å². The van der Waals surface area contributed by atoms with E-state index in [9.17, 15) is 27.6 Å². The number of hydrogen-bond donors (Lipinski definition) is 1. The minimum Gasteiger partial charge on any atom is -0.377 e. The van der Waals surface area contributed by atoms with Crippen LogP contribution in [0, 0.1) is 5.41 Å². The number of amides is 4. The standard InChI is InChI=1S/C22H18F3N3O4/c23-22(24,25)14-6-7-16-13(10-14)11-21(17-12-32-9-8-27(16)17)18(29)26-20(31)28(19(21)30)15-4-2-1-3-5-15/h1-7,10,17H,8-9,11-12H2,(H,26,29,31)/t17-,21-/m1/s1. The number of para-hydroxylation sites is 1. The maximum absolute atomic E-state index is 13.8. The number of halogens is 3. The van der Waals surface area contributed by atoms with E-state index in [4.69, 9.17) is 4.74 Å². The van der Waals surface area contributed by atoms with Crippen molar-refractivity contribution in [3.05, 3.63) is 59.7 Å². The van der Waals surface area contributed by atoms with Crippen molar-refractivity contribution >= 4 is 29.2 Å². The van der Waals surface area contributed by atoms with Crippen LogP contribution < -0.4 is 15.1 Å². The number of alkyl halides is 3. The number of barbiturate groups is 1. The first-order chi connectivity index (χ1) is 15.2. The predicted octanol–water partition coefficient (Wildman–Crippen LogP) is 2.74. The zero-order valence-corrected chi connectivity index (χ0v) is 16.7. The first-order valence-corrected chi connectivity index (χ1v) is 10.0. The monoisotopic (exact) mass is 445 g/mol. The molecule has 2 atom stereocenters. The van der Waals surface area contributed by atoms with Gasteiger partial charge >= 0.3 is 12.2 Å². The number of rotatable bonds is 1. The summed E-state index contributed by atoms with van der Waals surface area (Å²) in [7, 11) is 0. The highest BCUT2D eigenvalue weighted by molar-refractivity contribution is 6.30. The van der Waals surface area contributed by atoms with E-state index in [1.807, 2.05) is 0 Å². The molecule has 2 saturated heterocycles. The molecular weight excluding hydrogens is 427 g/mol. The molecule has 3 aliphatic rings. The molecule has 3 aliphatic heterocycles. The van der Waals surface area contributed by atoms with Gasteiger partial charge in [0, 0.05) is 12.2 Å². The molecule has 4 amide bonds. The van der Waals surface area contributed by atoms with Crippen LogP contribution in [0.25, 0.3) is 0 Å². The minimum absolute atomic E-state index is 0.0242. The Labute approximate surface area is 180 Å². The van der Waals surface area contributed by atoms with E-state index in [1.54, 1.807) is 35.2 Å². The van der Waals surface area contributed by atoms with E-state index in [0.717, 1.165) is 17.0 Å². The number of benzene rings is 2. The van der Waals surface area contributed by atoms with E-state index in [2.05, 4.69) is 5.32 Å². The molecular formula is C22H18F3N3O4. The molecule has 2 aromatic rings. The second-order valence-corrected chi connectivity index (χ2v) is 8.01. The maximum atomic E-state index is 13.8. The summed E-state index contributed by atoms with van der Waals surface area (Å²) < 4.78 is 45.7. The Bertz CT molecular complexity index is 1120. The fourth-order valence-electron chi connectivity index (χ4n) is 4.82. The van der Waals surface area contributed by atoms with Crippen LogP contribution in [-0.4, -0.2) is 43.6 Å². The Hall–Kier alpha value is -3.40.